The molecule has 1 aromatic heterocycles. The first kappa shape index (κ1) is 29.2. The zero-order chi connectivity index (χ0) is 30.5. The number of carbonyl (C=O) groups is 4. The number of Topliss-reactive ketones (excluding diaryl/α,β-unsaturated/α-hetero) is 1. The molecule has 10 heteroatoms. The Morgan fingerprint density at radius 1 is 0.977 bits per heavy atom. The number of hydrogen-bond acceptors (Lipinski definition) is 9. The van der Waals surface area contributed by atoms with Gasteiger partial charge in [0.2, 0.25) is 11.8 Å². The van der Waals surface area contributed by atoms with E-state index >= 15 is 0 Å². The fourth-order valence-corrected chi connectivity index (χ4v) is 5.60. The molecule has 1 aliphatic heterocycles. The first-order valence-corrected chi connectivity index (χ1v) is 14.1. The van der Waals surface area contributed by atoms with Crippen molar-refractivity contribution in [2.45, 2.75) is 23.6 Å². The lowest BCUT2D eigenvalue weighted by Crippen LogP contribution is -2.31. The van der Waals surface area contributed by atoms with E-state index in [2.05, 4.69) is 11.1 Å². The van der Waals surface area contributed by atoms with Gasteiger partial charge in [-0.1, -0.05) is 53.7 Å². The molecule has 0 saturated carbocycles. The van der Waals surface area contributed by atoms with Crippen molar-refractivity contribution in [1.82, 2.24) is 4.98 Å². The third-order valence-electron chi connectivity index (χ3n) is 6.79. The Hall–Kier alpha value is -5.27. The second-order valence-electron chi connectivity index (χ2n) is 9.65. The lowest BCUT2D eigenvalue weighted by Gasteiger charge is -2.16. The van der Waals surface area contributed by atoms with Gasteiger partial charge in [0.05, 0.1) is 34.9 Å². The summed E-state index contributed by atoms with van der Waals surface area (Å²) in [7, 11) is 1.55. The number of hydrogen-bond donors (Lipinski definition) is 0. The van der Waals surface area contributed by atoms with E-state index in [1.165, 1.54) is 24.3 Å². The van der Waals surface area contributed by atoms with Crippen molar-refractivity contribution in [3.63, 3.8) is 0 Å². The molecule has 0 radical (unpaired) electrons. The first-order valence-electron chi connectivity index (χ1n) is 13.2. The lowest BCUT2D eigenvalue weighted by molar-refractivity contribution is -0.121. The highest BCUT2D eigenvalue weighted by Crippen LogP contribution is 2.37. The van der Waals surface area contributed by atoms with Crippen LogP contribution in [0, 0.1) is 18.3 Å². The number of ketones is 1. The Morgan fingerprint density at radius 2 is 1.67 bits per heavy atom. The topological polar surface area (TPSA) is 127 Å². The molecule has 1 atom stereocenters. The van der Waals surface area contributed by atoms with E-state index in [4.69, 9.17) is 9.47 Å². The normalized spacial score (nSPS) is 14.3. The number of benzene rings is 3. The number of imide groups is 1. The van der Waals surface area contributed by atoms with E-state index in [1.54, 1.807) is 49.6 Å². The number of pyridine rings is 1. The van der Waals surface area contributed by atoms with E-state index in [9.17, 15) is 24.4 Å². The van der Waals surface area contributed by atoms with Crippen LogP contribution in [0.5, 0.6) is 5.75 Å². The van der Waals surface area contributed by atoms with Crippen LogP contribution in [0.2, 0.25) is 0 Å². The smallest absolute Gasteiger partial charge is 0.338 e. The molecule has 0 bridgehead atoms. The SMILES string of the molecule is COc1ccccc1-c1ccc(C#N)c(SC2CC(=O)N(c3ccc(C(=O)OCC(=O)c4ccc(C)cc4)cc3)C2=O)n1. The first-order chi connectivity index (χ1) is 20.8. The maximum absolute atomic E-state index is 13.4. The molecule has 2 amide bonds. The quantitative estimate of drug-likeness (QED) is 0.143. The minimum Gasteiger partial charge on any atom is -0.496 e. The Kier molecular flexibility index (Phi) is 8.64. The van der Waals surface area contributed by atoms with Crippen LogP contribution in [0.25, 0.3) is 11.3 Å². The van der Waals surface area contributed by atoms with E-state index in [1.807, 2.05) is 25.1 Å². The van der Waals surface area contributed by atoms with Crippen molar-refractivity contribution in [1.29, 1.82) is 5.26 Å². The zero-order valence-electron chi connectivity index (χ0n) is 23.3. The van der Waals surface area contributed by atoms with Gasteiger partial charge >= 0.3 is 5.97 Å². The van der Waals surface area contributed by atoms with Crippen LogP contribution in [-0.2, 0) is 14.3 Å². The van der Waals surface area contributed by atoms with Crippen LogP contribution >= 0.6 is 11.8 Å². The average molecular weight is 592 g/mol. The number of carbonyl (C=O) groups excluding carboxylic acids is 4. The molecule has 1 fully saturated rings. The Morgan fingerprint density at radius 3 is 2.37 bits per heavy atom. The van der Waals surface area contributed by atoms with E-state index in [0.717, 1.165) is 27.8 Å². The highest BCUT2D eigenvalue weighted by atomic mass is 32.2. The minimum atomic E-state index is -0.794. The van der Waals surface area contributed by atoms with Crippen molar-refractivity contribution < 1.29 is 28.7 Å². The summed E-state index contributed by atoms with van der Waals surface area (Å²) in [6.45, 7) is 1.49. The van der Waals surface area contributed by atoms with Crippen LogP contribution < -0.4 is 9.64 Å². The second-order valence-corrected chi connectivity index (χ2v) is 10.8. The molecule has 4 aromatic rings. The number of amides is 2. The summed E-state index contributed by atoms with van der Waals surface area (Å²) in [6.07, 6.45) is -0.0835. The molecule has 1 aliphatic rings. The number of esters is 1. The number of nitriles is 1. The molecule has 1 saturated heterocycles. The predicted molar refractivity (Wildman–Crippen MR) is 160 cm³/mol. The molecule has 2 heterocycles. The summed E-state index contributed by atoms with van der Waals surface area (Å²) in [5.41, 5.74) is 3.49. The number of ether oxygens (including phenoxy) is 2. The fourth-order valence-electron chi connectivity index (χ4n) is 4.51. The van der Waals surface area contributed by atoms with Crippen molar-refractivity contribution in [3.8, 4) is 23.1 Å². The lowest BCUT2D eigenvalue weighted by atomic mass is 10.1. The molecular formula is C33H25N3O6S. The van der Waals surface area contributed by atoms with Gasteiger partial charge < -0.3 is 9.47 Å². The Bertz CT molecular complexity index is 1760. The van der Waals surface area contributed by atoms with Gasteiger partial charge in [-0.25, -0.2) is 14.7 Å². The van der Waals surface area contributed by atoms with Gasteiger partial charge in [0.25, 0.3) is 0 Å². The largest absolute Gasteiger partial charge is 0.496 e. The minimum absolute atomic E-state index is 0.0835. The highest BCUT2D eigenvalue weighted by molar-refractivity contribution is 8.00. The summed E-state index contributed by atoms with van der Waals surface area (Å²) in [5.74, 6) is -1.30. The van der Waals surface area contributed by atoms with E-state index < -0.39 is 29.6 Å². The monoisotopic (exact) mass is 591 g/mol. The molecule has 0 aliphatic carbocycles. The third-order valence-corrected chi connectivity index (χ3v) is 7.98. The Labute approximate surface area is 252 Å². The van der Waals surface area contributed by atoms with Gasteiger partial charge in [0, 0.05) is 17.5 Å². The molecule has 3 aromatic carbocycles. The number of para-hydroxylation sites is 1. The molecule has 1 unspecified atom stereocenters. The molecule has 0 N–H and O–H groups in total. The number of anilines is 1. The van der Waals surface area contributed by atoms with Crippen LogP contribution in [-0.4, -0.2) is 47.5 Å². The predicted octanol–water partition coefficient (Wildman–Crippen LogP) is 5.40. The molecule has 43 heavy (non-hydrogen) atoms. The number of aryl methyl sites for hydroxylation is 1. The van der Waals surface area contributed by atoms with Crippen LogP contribution in [0.3, 0.4) is 0 Å². The summed E-state index contributed by atoms with van der Waals surface area (Å²) >= 11 is 1.06. The van der Waals surface area contributed by atoms with Gasteiger partial charge in [-0.2, -0.15) is 5.26 Å². The summed E-state index contributed by atoms with van der Waals surface area (Å²) in [6, 6.07) is 25.5. The van der Waals surface area contributed by atoms with Crippen LogP contribution in [0.4, 0.5) is 5.69 Å². The maximum atomic E-state index is 13.4. The average Bonchev–Trinajstić information content (AvgIpc) is 3.31. The van der Waals surface area contributed by atoms with Crippen molar-refractivity contribution >= 4 is 41.0 Å². The van der Waals surface area contributed by atoms with Crippen LogP contribution in [0.15, 0.2) is 90.0 Å². The molecule has 214 valence electrons. The highest BCUT2D eigenvalue weighted by Gasteiger charge is 2.41. The summed E-state index contributed by atoms with van der Waals surface area (Å²) in [4.78, 5) is 56.8. The number of aromatic nitrogens is 1. The summed E-state index contributed by atoms with van der Waals surface area (Å²) in [5, 5.41) is 9.20. The van der Waals surface area contributed by atoms with Crippen LogP contribution in [0.1, 0.15) is 38.3 Å². The van der Waals surface area contributed by atoms with Gasteiger partial charge in [0.1, 0.15) is 16.8 Å². The summed E-state index contributed by atoms with van der Waals surface area (Å²) < 4.78 is 10.6. The van der Waals surface area contributed by atoms with Gasteiger partial charge in [-0.05, 0) is 55.5 Å². The molecule has 0 spiro atoms. The standard InChI is InChI=1S/C33H25N3O6S/c1-20-7-9-21(10-8-20)27(37)19-42-33(40)22-11-14-24(15-12-22)36-30(38)17-29(32(36)39)43-31-23(18-34)13-16-26(35-31)25-5-3-4-6-28(25)41-2/h3-16,29H,17,19H2,1-2H3. The van der Waals surface area contributed by atoms with Crippen molar-refractivity contribution in [2.24, 2.45) is 0 Å². The second kappa shape index (κ2) is 12.7. The molecule has 5 rings (SSSR count). The van der Waals surface area contributed by atoms with E-state index in [-0.39, 0.29) is 23.3 Å². The fraction of sp³-hybridized carbons (Fsp3) is 0.152. The Balaban J connectivity index is 1.27. The number of thioether (sulfide) groups is 1. The van der Waals surface area contributed by atoms with Gasteiger partial charge in [-0.3, -0.25) is 14.4 Å². The molecule has 9 nitrogen and oxygen atoms in total. The number of methoxy groups -OCH3 is 1. The number of nitrogens with zero attached hydrogens (tertiary/aromatic N) is 3. The third kappa shape index (κ3) is 6.32. The van der Waals surface area contributed by atoms with Crippen molar-refractivity contribution in [3.05, 3.63) is 107 Å². The zero-order valence-corrected chi connectivity index (χ0v) is 24.1. The van der Waals surface area contributed by atoms with E-state index in [0.29, 0.717) is 27.7 Å². The number of rotatable bonds is 9. The van der Waals surface area contributed by atoms with Gasteiger partial charge in [-0.15, -0.1) is 0 Å². The van der Waals surface area contributed by atoms with Gasteiger partial charge in [0.15, 0.2) is 12.4 Å². The van der Waals surface area contributed by atoms with Crippen molar-refractivity contribution in [2.75, 3.05) is 18.6 Å². The maximum Gasteiger partial charge on any atom is 0.338 e. The molecular weight excluding hydrogens is 566 g/mol.